The predicted molar refractivity (Wildman–Crippen MR) is 362 cm³/mol. The van der Waals surface area contributed by atoms with Gasteiger partial charge in [0, 0.05) is 19.3 Å². The number of hydrogen-bond donors (Lipinski definition) is 0. The second-order valence-electron chi connectivity index (χ2n) is 22.3. The summed E-state index contributed by atoms with van der Waals surface area (Å²) < 4.78 is 16.9. The summed E-state index contributed by atoms with van der Waals surface area (Å²) in [6.45, 7) is 6.36. The van der Waals surface area contributed by atoms with Gasteiger partial charge in [0.25, 0.3) is 0 Å². The van der Waals surface area contributed by atoms with E-state index in [0.29, 0.717) is 19.3 Å². The number of hydrogen-bond acceptors (Lipinski definition) is 6. The Balaban J connectivity index is 4.43. The Morgan fingerprint density at radius 2 is 0.470 bits per heavy atom. The molecular weight excluding hydrogens is 1020 g/mol. The summed E-state index contributed by atoms with van der Waals surface area (Å²) in [5.41, 5.74) is 0. The molecule has 0 aromatic rings. The Morgan fingerprint density at radius 1 is 0.253 bits per heavy atom. The lowest BCUT2D eigenvalue weighted by atomic mass is 10.0. The SMILES string of the molecule is CC/C=C\C/C=C\C/C=C\C/C=C\C/C=C\C/C=C\CCCCC(=O)OC(COC(=O)CCCCCCCCC/C=C\C/C=C\CCCCC)COC(=O)CCCCCCCCCCCCCCCC/C=C\C/C=C\C/C=C\C/C=C\CC. The third kappa shape index (κ3) is 68.0. The first-order valence-electron chi connectivity index (χ1n) is 34.3. The summed E-state index contributed by atoms with van der Waals surface area (Å²) >= 11 is 0. The van der Waals surface area contributed by atoms with Crippen LogP contribution >= 0.6 is 0 Å². The molecule has 0 amide bonds. The monoisotopic (exact) mass is 1150 g/mol. The van der Waals surface area contributed by atoms with Gasteiger partial charge in [-0.25, -0.2) is 0 Å². The molecule has 0 saturated heterocycles. The number of carbonyl (C=O) groups excluding carboxylic acids is 3. The van der Waals surface area contributed by atoms with E-state index < -0.39 is 6.10 Å². The first kappa shape index (κ1) is 78.3. The van der Waals surface area contributed by atoms with Gasteiger partial charge in [0.2, 0.25) is 0 Å². The summed E-state index contributed by atoms with van der Waals surface area (Å²) in [5.74, 6) is -0.949. The molecule has 0 aliphatic heterocycles. The molecule has 1 unspecified atom stereocenters. The first-order chi connectivity index (χ1) is 41.0. The highest BCUT2D eigenvalue weighted by atomic mass is 16.6. The van der Waals surface area contributed by atoms with E-state index in [-0.39, 0.29) is 37.5 Å². The van der Waals surface area contributed by atoms with Gasteiger partial charge in [0.15, 0.2) is 6.10 Å². The largest absolute Gasteiger partial charge is 0.462 e. The summed E-state index contributed by atoms with van der Waals surface area (Å²) in [6, 6.07) is 0. The van der Waals surface area contributed by atoms with E-state index in [1.54, 1.807) is 0 Å². The Labute approximate surface area is 512 Å². The third-order valence-corrected chi connectivity index (χ3v) is 14.3. The summed E-state index contributed by atoms with van der Waals surface area (Å²) in [4.78, 5) is 38.4. The van der Waals surface area contributed by atoms with Gasteiger partial charge < -0.3 is 14.2 Å². The maximum absolute atomic E-state index is 12.9. The molecule has 83 heavy (non-hydrogen) atoms. The van der Waals surface area contributed by atoms with E-state index in [1.165, 1.54) is 128 Å². The van der Waals surface area contributed by atoms with E-state index in [9.17, 15) is 14.4 Å². The second-order valence-corrected chi connectivity index (χ2v) is 22.3. The molecule has 0 aliphatic carbocycles. The van der Waals surface area contributed by atoms with Gasteiger partial charge in [0.1, 0.15) is 13.2 Å². The quantitative estimate of drug-likeness (QED) is 0.0261. The van der Waals surface area contributed by atoms with Gasteiger partial charge in [0.05, 0.1) is 0 Å². The maximum Gasteiger partial charge on any atom is 0.306 e. The van der Waals surface area contributed by atoms with Gasteiger partial charge in [-0.15, -0.1) is 0 Å². The molecule has 1 atom stereocenters. The first-order valence-corrected chi connectivity index (χ1v) is 34.3. The molecule has 0 spiro atoms. The van der Waals surface area contributed by atoms with Crippen LogP contribution in [0.4, 0.5) is 0 Å². The van der Waals surface area contributed by atoms with Crippen LogP contribution in [-0.4, -0.2) is 37.2 Å². The Kier molecular flexibility index (Phi) is 65.8. The van der Waals surface area contributed by atoms with Crippen LogP contribution in [-0.2, 0) is 28.6 Å². The van der Waals surface area contributed by atoms with Crippen LogP contribution in [0.5, 0.6) is 0 Å². The fourth-order valence-electron chi connectivity index (χ4n) is 9.23. The van der Waals surface area contributed by atoms with Crippen LogP contribution in [0.1, 0.15) is 303 Å². The zero-order valence-electron chi connectivity index (χ0n) is 53.9. The van der Waals surface area contributed by atoms with Crippen molar-refractivity contribution in [3.63, 3.8) is 0 Å². The van der Waals surface area contributed by atoms with Crippen molar-refractivity contribution in [1.82, 2.24) is 0 Å². The minimum absolute atomic E-state index is 0.102. The zero-order valence-corrected chi connectivity index (χ0v) is 53.9. The topological polar surface area (TPSA) is 78.9 Å². The van der Waals surface area contributed by atoms with Gasteiger partial charge in [-0.2, -0.15) is 0 Å². The highest BCUT2D eigenvalue weighted by molar-refractivity contribution is 5.71. The molecule has 0 aliphatic rings. The van der Waals surface area contributed by atoms with Gasteiger partial charge in [-0.3, -0.25) is 14.4 Å². The molecule has 470 valence electrons. The smallest absolute Gasteiger partial charge is 0.306 e. The van der Waals surface area contributed by atoms with E-state index in [0.717, 1.165) is 128 Å². The van der Waals surface area contributed by atoms with Crippen LogP contribution in [0, 0.1) is 0 Å². The van der Waals surface area contributed by atoms with Crippen molar-refractivity contribution in [2.24, 2.45) is 0 Å². The lowest BCUT2D eigenvalue weighted by Crippen LogP contribution is -2.30. The number of allylic oxidation sites excluding steroid dienone is 24. The number of esters is 3. The Hall–Kier alpha value is -4.71. The zero-order chi connectivity index (χ0) is 59.9. The molecule has 0 aromatic heterocycles. The van der Waals surface area contributed by atoms with Crippen LogP contribution in [0.15, 0.2) is 146 Å². The molecule has 0 heterocycles. The van der Waals surface area contributed by atoms with E-state index in [2.05, 4.69) is 167 Å². The van der Waals surface area contributed by atoms with Crippen molar-refractivity contribution in [2.45, 2.75) is 309 Å². The molecule has 6 nitrogen and oxygen atoms in total. The fourth-order valence-corrected chi connectivity index (χ4v) is 9.23. The normalized spacial score (nSPS) is 13.0. The number of unbranched alkanes of at least 4 members (excludes halogenated alkanes) is 26. The van der Waals surface area contributed by atoms with Crippen molar-refractivity contribution in [3.05, 3.63) is 146 Å². The average Bonchev–Trinajstić information content (AvgIpc) is 3.50. The molecule has 0 aromatic carbocycles. The van der Waals surface area contributed by atoms with Crippen LogP contribution in [0.2, 0.25) is 0 Å². The predicted octanol–water partition coefficient (Wildman–Crippen LogP) is 23.9. The van der Waals surface area contributed by atoms with Crippen LogP contribution < -0.4 is 0 Å². The van der Waals surface area contributed by atoms with E-state index >= 15 is 0 Å². The van der Waals surface area contributed by atoms with Crippen molar-refractivity contribution in [1.29, 1.82) is 0 Å². The van der Waals surface area contributed by atoms with Crippen LogP contribution in [0.25, 0.3) is 0 Å². The Bertz CT molecular complexity index is 1800. The highest BCUT2D eigenvalue weighted by Gasteiger charge is 2.19. The minimum Gasteiger partial charge on any atom is -0.462 e. The number of carbonyl (C=O) groups is 3. The van der Waals surface area contributed by atoms with Gasteiger partial charge >= 0.3 is 17.9 Å². The minimum atomic E-state index is -0.812. The van der Waals surface area contributed by atoms with Gasteiger partial charge in [-0.05, 0) is 141 Å². The fraction of sp³-hybridized carbons (Fsp3) is 0.649. The summed E-state index contributed by atoms with van der Waals surface area (Å²) in [7, 11) is 0. The second kappa shape index (κ2) is 69.8. The van der Waals surface area contributed by atoms with Crippen molar-refractivity contribution in [3.8, 4) is 0 Å². The summed E-state index contributed by atoms with van der Waals surface area (Å²) in [5, 5.41) is 0. The van der Waals surface area contributed by atoms with Gasteiger partial charge in [-0.1, -0.05) is 289 Å². The number of ether oxygens (including phenoxy) is 3. The molecular formula is C77H126O6. The molecule has 0 bridgehead atoms. The van der Waals surface area contributed by atoms with Crippen LogP contribution in [0.3, 0.4) is 0 Å². The Morgan fingerprint density at radius 3 is 0.759 bits per heavy atom. The van der Waals surface area contributed by atoms with E-state index in [4.69, 9.17) is 14.2 Å². The lowest BCUT2D eigenvalue weighted by Gasteiger charge is -2.18. The maximum atomic E-state index is 12.9. The van der Waals surface area contributed by atoms with Crippen molar-refractivity contribution < 1.29 is 28.6 Å². The average molecular weight is 1150 g/mol. The number of rotatable bonds is 61. The molecule has 0 rings (SSSR count). The standard InChI is InChI=1S/C77H126O6/c1-4-7-10-13-16-19-22-25-28-31-33-35-36-37-38-39-40-42-43-46-49-52-55-58-61-64-67-70-76(79)82-73-74(72-81-75(78)69-66-63-60-57-54-51-48-45-30-27-24-21-18-15-12-9-6-3)83-77(80)71-68-65-62-59-56-53-50-47-44-41-34-32-29-26-23-20-17-14-11-8-5-2/h7-8,10-11,16-21,25-30,33-35,41,47,50,56,59,74H,4-6,9,12-15,22-24,31-32,36-40,42-46,48-49,51-55,57-58,60-73H2,1-3H3/b10-7-,11-8-,19-16-,20-17-,21-18-,28-25-,29-26-,30-27-,35-33-,41-34-,50-47-,59-56-. The molecule has 6 heteroatoms. The van der Waals surface area contributed by atoms with E-state index in [1.807, 2.05) is 0 Å². The van der Waals surface area contributed by atoms with Crippen molar-refractivity contribution in [2.75, 3.05) is 13.2 Å². The molecule has 0 saturated carbocycles. The third-order valence-electron chi connectivity index (χ3n) is 14.3. The molecule has 0 fully saturated rings. The molecule has 0 radical (unpaired) electrons. The summed E-state index contributed by atoms with van der Waals surface area (Å²) in [6.07, 6.45) is 100. The van der Waals surface area contributed by atoms with Crippen molar-refractivity contribution >= 4 is 17.9 Å². The molecule has 0 N–H and O–H groups in total. The highest BCUT2D eigenvalue weighted by Crippen LogP contribution is 2.16. The lowest BCUT2D eigenvalue weighted by molar-refractivity contribution is -0.167.